The largest absolute Gasteiger partial charge is 0.493 e. The molecule has 0 aliphatic carbocycles. The molecule has 0 unspecified atom stereocenters. The Kier molecular flexibility index (Phi) is 10.5. The monoisotopic (exact) mass is 487 g/mol. The Morgan fingerprint density at radius 3 is 2.29 bits per heavy atom. The zero-order valence-corrected chi connectivity index (χ0v) is 21.0. The summed E-state index contributed by atoms with van der Waals surface area (Å²) >= 11 is 0. The first kappa shape index (κ1) is 27.6. The fourth-order valence-electron chi connectivity index (χ4n) is 3.36. The Morgan fingerprint density at radius 1 is 1.00 bits per heavy atom. The number of ether oxygens (including phenoxy) is 5. The fourth-order valence-corrected chi connectivity index (χ4v) is 3.36. The van der Waals surface area contributed by atoms with E-state index in [4.69, 9.17) is 23.7 Å². The molecule has 0 fully saturated rings. The van der Waals surface area contributed by atoms with Crippen LogP contribution in [0.1, 0.15) is 51.5 Å². The summed E-state index contributed by atoms with van der Waals surface area (Å²) in [6, 6.07) is 10.8. The molecule has 1 aromatic heterocycles. The van der Waals surface area contributed by atoms with Crippen molar-refractivity contribution in [1.29, 1.82) is 0 Å². The Morgan fingerprint density at radius 2 is 1.69 bits per heavy atom. The van der Waals surface area contributed by atoms with Crippen molar-refractivity contribution < 1.29 is 38.1 Å². The number of esters is 2. The first-order valence-electron chi connectivity index (χ1n) is 11.4. The molecule has 0 saturated heterocycles. The minimum atomic E-state index is -0.746. The highest BCUT2D eigenvalue weighted by molar-refractivity contribution is 5.99. The van der Waals surface area contributed by atoms with Crippen molar-refractivity contribution in [2.24, 2.45) is 11.8 Å². The van der Waals surface area contributed by atoms with Crippen molar-refractivity contribution in [3.8, 4) is 17.2 Å². The summed E-state index contributed by atoms with van der Waals surface area (Å²) in [5.74, 6) is -1.22. The zero-order chi connectivity index (χ0) is 26.0. The predicted molar refractivity (Wildman–Crippen MR) is 127 cm³/mol. The molecular weight excluding hydrogens is 454 g/mol. The van der Waals surface area contributed by atoms with Crippen LogP contribution in [-0.4, -0.2) is 48.8 Å². The molecule has 2 aromatic rings. The minimum Gasteiger partial charge on any atom is -0.493 e. The van der Waals surface area contributed by atoms with Gasteiger partial charge in [0.05, 0.1) is 13.0 Å². The first-order chi connectivity index (χ1) is 16.6. The Bertz CT molecular complexity index is 992. The van der Waals surface area contributed by atoms with Gasteiger partial charge in [-0.2, -0.15) is 0 Å². The number of pyridine rings is 1. The maximum atomic E-state index is 13.0. The second kappa shape index (κ2) is 13.3. The van der Waals surface area contributed by atoms with Crippen molar-refractivity contribution in [3.63, 3.8) is 0 Å². The SMILES string of the molecule is COc1ccnc(C(=O)C[C@H](C)C(=O)O[C@@H](C)[C@@H](Oc2ccccc2)C(C)C)c1OCOC(C)=O. The highest BCUT2D eigenvalue weighted by atomic mass is 16.7. The number of hydrogen-bond acceptors (Lipinski definition) is 9. The van der Waals surface area contributed by atoms with Gasteiger partial charge in [0.1, 0.15) is 18.0 Å². The van der Waals surface area contributed by atoms with E-state index >= 15 is 0 Å². The van der Waals surface area contributed by atoms with Crippen LogP contribution in [0.5, 0.6) is 17.2 Å². The van der Waals surface area contributed by atoms with Crippen LogP contribution in [0.2, 0.25) is 0 Å². The highest BCUT2D eigenvalue weighted by Gasteiger charge is 2.30. The topological polar surface area (TPSA) is 110 Å². The van der Waals surface area contributed by atoms with Gasteiger partial charge in [-0.25, -0.2) is 4.98 Å². The highest BCUT2D eigenvalue weighted by Crippen LogP contribution is 2.31. The second-order valence-electron chi connectivity index (χ2n) is 8.40. The van der Waals surface area contributed by atoms with Crippen molar-refractivity contribution in [2.45, 2.75) is 53.2 Å². The predicted octanol–water partition coefficient (Wildman–Crippen LogP) is 4.23. The third-order valence-corrected chi connectivity index (χ3v) is 5.15. The maximum absolute atomic E-state index is 13.0. The normalized spacial score (nSPS) is 13.3. The van der Waals surface area contributed by atoms with Crippen LogP contribution in [0, 0.1) is 11.8 Å². The number of aromatic nitrogens is 1. The van der Waals surface area contributed by atoms with E-state index in [0.717, 1.165) is 0 Å². The van der Waals surface area contributed by atoms with Crippen LogP contribution >= 0.6 is 0 Å². The lowest BCUT2D eigenvalue weighted by atomic mass is 10.0. The molecular formula is C26H33NO8. The van der Waals surface area contributed by atoms with E-state index in [1.165, 1.54) is 26.3 Å². The summed E-state index contributed by atoms with van der Waals surface area (Å²) in [5.41, 5.74) is -0.0309. The molecule has 1 heterocycles. The number of nitrogens with zero attached hydrogens (tertiary/aromatic N) is 1. The summed E-state index contributed by atoms with van der Waals surface area (Å²) in [6.45, 7) is 8.16. The number of benzene rings is 1. The van der Waals surface area contributed by atoms with Gasteiger partial charge in [-0.3, -0.25) is 14.4 Å². The van der Waals surface area contributed by atoms with Gasteiger partial charge < -0.3 is 23.7 Å². The third kappa shape index (κ3) is 8.27. The van der Waals surface area contributed by atoms with Gasteiger partial charge in [-0.1, -0.05) is 39.0 Å². The third-order valence-electron chi connectivity index (χ3n) is 5.15. The van der Waals surface area contributed by atoms with Gasteiger partial charge in [0.15, 0.2) is 23.0 Å². The van der Waals surface area contributed by atoms with Crippen LogP contribution in [0.3, 0.4) is 0 Å². The quantitative estimate of drug-likeness (QED) is 0.233. The molecule has 2 rings (SSSR count). The van der Waals surface area contributed by atoms with Gasteiger partial charge in [0.25, 0.3) is 0 Å². The Balaban J connectivity index is 2.06. The molecule has 0 radical (unpaired) electrons. The summed E-state index contributed by atoms with van der Waals surface area (Å²) in [6.07, 6.45) is 0.314. The van der Waals surface area contributed by atoms with E-state index in [1.807, 2.05) is 44.2 Å². The number of Topliss-reactive ketones (excluding diaryl/α,β-unsaturated/α-hetero) is 1. The summed E-state index contributed by atoms with van der Waals surface area (Å²) < 4.78 is 27.2. The van der Waals surface area contributed by atoms with Crippen LogP contribution in [-0.2, 0) is 19.1 Å². The number of ketones is 1. The molecule has 9 heteroatoms. The first-order valence-corrected chi connectivity index (χ1v) is 11.4. The lowest BCUT2D eigenvalue weighted by molar-refractivity contribution is -0.158. The summed E-state index contributed by atoms with van der Waals surface area (Å²) in [4.78, 5) is 40.9. The van der Waals surface area contributed by atoms with E-state index in [2.05, 4.69) is 4.98 Å². The molecule has 0 N–H and O–H groups in total. The number of rotatable bonds is 13. The van der Waals surface area contributed by atoms with Crippen molar-refractivity contribution in [2.75, 3.05) is 13.9 Å². The minimum absolute atomic E-state index is 0.0309. The fraction of sp³-hybridized carbons (Fsp3) is 0.462. The van der Waals surface area contributed by atoms with Crippen LogP contribution in [0.4, 0.5) is 0 Å². The van der Waals surface area contributed by atoms with Crippen LogP contribution in [0.15, 0.2) is 42.6 Å². The van der Waals surface area contributed by atoms with Gasteiger partial charge in [-0.15, -0.1) is 0 Å². The molecule has 35 heavy (non-hydrogen) atoms. The molecule has 0 aliphatic rings. The Labute approximate surface area is 205 Å². The van der Waals surface area contributed by atoms with Gasteiger partial charge in [0.2, 0.25) is 6.79 Å². The van der Waals surface area contributed by atoms with Crippen LogP contribution in [0.25, 0.3) is 0 Å². The smallest absolute Gasteiger partial charge is 0.309 e. The van der Waals surface area contributed by atoms with Crippen LogP contribution < -0.4 is 14.2 Å². The molecule has 0 saturated carbocycles. The van der Waals surface area contributed by atoms with E-state index in [0.29, 0.717) is 5.75 Å². The average Bonchev–Trinajstić information content (AvgIpc) is 2.82. The molecule has 0 bridgehead atoms. The molecule has 0 spiro atoms. The molecule has 1 aromatic carbocycles. The Hall–Kier alpha value is -3.62. The molecule has 3 atom stereocenters. The molecule has 190 valence electrons. The number of carbonyl (C=O) groups is 3. The standard InChI is InChI=1S/C26H33NO8/c1-16(2)24(35-20-10-8-7-9-11-20)18(4)34-26(30)17(3)14-21(29)23-25(33-15-32-19(5)28)22(31-6)12-13-27-23/h7-13,16-18,24H,14-15H2,1-6H3/t17-,18-,24-/m0/s1. The number of carbonyl (C=O) groups excluding carboxylic acids is 3. The zero-order valence-electron chi connectivity index (χ0n) is 21.0. The van der Waals surface area contributed by atoms with Crippen molar-refractivity contribution in [3.05, 3.63) is 48.3 Å². The van der Waals surface area contributed by atoms with Gasteiger partial charge in [0, 0.05) is 25.6 Å². The van der Waals surface area contributed by atoms with E-state index in [-0.39, 0.29) is 35.6 Å². The van der Waals surface area contributed by atoms with E-state index in [9.17, 15) is 14.4 Å². The maximum Gasteiger partial charge on any atom is 0.309 e. The molecule has 9 nitrogen and oxygen atoms in total. The lowest BCUT2D eigenvalue weighted by Gasteiger charge is -2.29. The number of hydrogen-bond donors (Lipinski definition) is 0. The van der Waals surface area contributed by atoms with E-state index in [1.54, 1.807) is 13.8 Å². The number of methoxy groups -OCH3 is 1. The average molecular weight is 488 g/mol. The number of para-hydroxylation sites is 1. The van der Waals surface area contributed by atoms with Crippen molar-refractivity contribution in [1.82, 2.24) is 4.98 Å². The van der Waals surface area contributed by atoms with Gasteiger partial charge in [-0.05, 0) is 25.0 Å². The summed E-state index contributed by atoms with van der Waals surface area (Å²) in [7, 11) is 1.41. The molecule has 0 amide bonds. The van der Waals surface area contributed by atoms with E-state index < -0.39 is 36.5 Å². The second-order valence-corrected chi connectivity index (χ2v) is 8.40. The molecule has 0 aliphatic heterocycles. The summed E-state index contributed by atoms with van der Waals surface area (Å²) in [5, 5.41) is 0. The van der Waals surface area contributed by atoms with Crippen molar-refractivity contribution >= 4 is 17.7 Å². The lowest BCUT2D eigenvalue weighted by Crippen LogP contribution is -2.38. The van der Waals surface area contributed by atoms with Gasteiger partial charge >= 0.3 is 11.9 Å².